The van der Waals surface area contributed by atoms with Crippen molar-refractivity contribution in [3.8, 4) is 22.9 Å². The van der Waals surface area contributed by atoms with E-state index in [-0.39, 0.29) is 0 Å². The van der Waals surface area contributed by atoms with Gasteiger partial charge in [0.05, 0.1) is 27.8 Å². The first kappa shape index (κ1) is 24.6. The van der Waals surface area contributed by atoms with Gasteiger partial charge < -0.3 is 4.57 Å². The first-order valence-electron chi connectivity index (χ1n) is 15.1. The van der Waals surface area contributed by atoms with Crippen LogP contribution in [0.25, 0.3) is 86.7 Å². The van der Waals surface area contributed by atoms with E-state index >= 15 is 0 Å². The lowest BCUT2D eigenvalue weighted by molar-refractivity contribution is 1.01. The SMILES string of the molecule is c1ccc(-c2nc(-n3c4cc5ccn(-c6ccccc6)c5cc4c4cc5sc6ccccc6c5cc43)nc3ccccc23)cc1. The number of fused-ring (bicyclic) bond motifs is 8. The second-order valence-corrected chi connectivity index (χ2v) is 12.6. The van der Waals surface area contributed by atoms with Gasteiger partial charge in [0.25, 0.3) is 0 Å². The molecule has 0 N–H and O–H groups in total. The molecule has 4 nitrogen and oxygen atoms in total. The Balaban J connectivity index is 1.36. The molecule has 0 saturated heterocycles. The third kappa shape index (κ3) is 3.65. The Morgan fingerprint density at radius 2 is 1.18 bits per heavy atom. The fourth-order valence-electron chi connectivity index (χ4n) is 6.87. The monoisotopic (exact) mass is 592 g/mol. The highest BCUT2D eigenvalue weighted by Gasteiger charge is 2.20. The summed E-state index contributed by atoms with van der Waals surface area (Å²) in [5.41, 5.74) is 7.46. The van der Waals surface area contributed by atoms with Crippen molar-refractivity contribution < 1.29 is 0 Å². The highest BCUT2D eigenvalue weighted by atomic mass is 32.1. The van der Waals surface area contributed by atoms with Crippen LogP contribution in [0.4, 0.5) is 0 Å². The van der Waals surface area contributed by atoms with E-state index in [0.717, 1.165) is 38.9 Å². The minimum Gasteiger partial charge on any atom is -0.317 e. The molecule has 0 unspecified atom stereocenters. The molecule has 10 aromatic rings. The first-order valence-corrected chi connectivity index (χ1v) is 15.9. The molecule has 0 radical (unpaired) electrons. The summed E-state index contributed by atoms with van der Waals surface area (Å²) in [6.45, 7) is 0. The van der Waals surface area contributed by atoms with Crippen LogP contribution in [0.2, 0.25) is 0 Å². The summed E-state index contributed by atoms with van der Waals surface area (Å²) in [5, 5.41) is 7.14. The zero-order valence-electron chi connectivity index (χ0n) is 24.1. The van der Waals surface area contributed by atoms with Crippen LogP contribution >= 0.6 is 11.3 Å². The summed E-state index contributed by atoms with van der Waals surface area (Å²) >= 11 is 1.85. The summed E-state index contributed by atoms with van der Waals surface area (Å²) in [4.78, 5) is 10.5. The number of rotatable bonds is 3. The number of hydrogen-bond donors (Lipinski definition) is 0. The lowest BCUT2D eigenvalue weighted by atomic mass is 10.1. The van der Waals surface area contributed by atoms with Crippen LogP contribution in [0.1, 0.15) is 0 Å². The molecule has 5 heteroatoms. The largest absolute Gasteiger partial charge is 0.317 e. The normalized spacial score (nSPS) is 12.0. The molecule has 0 saturated carbocycles. The van der Waals surface area contributed by atoms with E-state index in [0.29, 0.717) is 5.95 Å². The van der Waals surface area contributed by atoms with Gasteiger partial charge in [-0.05, 0) is 54.6 Å². The average molecular weight is 593 g/mol. The van der Waals surface area contributed by atoms with Crippen LogP contribution in [0.3, 0.4) is 0 Å². The van der Waals surface area contributed by atoms with Gasteiger partial charge in [-0.1, -0.05) is 84.9 Å². The standard InChI is InChI=1S/C40H24N4S/c1-3-11-25(12-4-1)39-29-16-7-9-17-33(29)41-40(42-39)44-35-21-26-19-20-43(27-13-5-2-6-14-27)34(26)22-30(35)31-24-38-32(23-36(31)44)28-15-8-10-18-37(28)45-38/h1-24H. The van der Waals surface area contributed by atoms with E-state index in [4.69, 9.17) is 9.97 Å². The van der Waals surface area contributed by atoms with Gasteiger partial charge in [0.15, 0.2) is 0 Å². The van der Waals surface area contributed by atoms with Gasteiger partial charge in [-0.15, -0.1) is 11.3 Å². The van der Waals surface area contributed by atoms with Gasteiger partial charge >= 0.3 is 0 Å². The summed E-state index contributed by atoms with van der Waals surface area (Å²) in [5.74, 6) is 0.674. The molecule has 6 aromatic carbocycles. The van der Waals surface area contributed by atoms with Crippen molar-refractivity contribution in [3.63, 3.8) is 0 Å². The molecule has 4 heterocycles. The molecule has 210 valence electrons. The maximum atomic E-state index is 5.33. The summed E-state index contributed by atoms with van der Waals surface area (Å²) in [7, 11) is 0. The summed E-state index contributed by atoms with van der Waals surface area (Å²) in [6.07, 6.45) is 2.16. The highest BCUT2D eigenvalue weighted by Crippen LogP contribution is 2.42. The quantitative estimate of drug-likeness (QED) is 0.205. The number of benzene rings is 6. The van der Waals surface area contributed by atoms with E-state index in [1.54, 1.807) is 0 Å². The molecule has 0 bridgehead atoms. The van der Waals surface area contributed by atoms with Crippen molar-refractivity contribution in [2.24, 2.45) is 0 Å². The molecule has 45 heavy (non-hydrogen) atoms. The molecular formula is C40H24N4S. The fraction of sp³-hybridized carbons (Fsp3) is 0. The van der Waals surface area contributed by atoms with Crippen molar-refractivity contribution in [1.82, 2.24) is 19.1 Å². The minimum absolute atomic E-state index is 0.674. The highest BCUT2D eigenvalue weighted by molar-refractivity contribution is 7.25. The molecule has 0 amide bonds. The Morgan fingerprint density at radius 3 is 2.04 bits per heavy atom. The predicted molar refractivity (Wildman–Crippen MR) is 189 cm³/mol. The van der Waals surface area contributed by atoms with E-state index < -0.39 is 0 Å². The third-order valence-corrected chi connectivity index (χ3v) is 10.1. The predicted octanol–water partition coefficient (Wildman–Crippen LogP) is 10.7. The molecule has 0 fully saturated rings. The van der Waals surface area contributed by atoms with Gasteiger partial charge in [-0.25, -0.2) is 9.97 Å². The molecule has 0 aliphatic heterocycles. The maximum Gasteiger partial charge on any atom is 0.235 e. The topological polar surface area (TPSA) is 35.6 Å². The van der Waals surface area contributed by atoms with Crippen LogP contribution in [0.15, 0.2) is 146 Å². The van der Waals surface area contributed by atoms with Crippen LogP contribution in [-0.2, 0) is 0 Å². The average Bonchev–Trinajstić information content (AvgIpc) is 3.77. The van der Waals surface area contributed by atoms with Crippen molar-refractivity contribution >= 4 is 75.1 Å². The zero-order chi connectivity index (χ0) is 29.5. The Morgan fingerprint density at radius 1 is 0.489 bits per heavy atom. The molecule has 0 aliphatic rings. The minimum atomic E-state index is 0.674. The van der Waals surface area contributed by atoms with E-state index in [9.17, 15) is 0 Å². The Bertz CT molecular complexity index is 2750. The number of nitrogens with zero attached hydrogens (tertiary/aromatic N) is 4. The Labute approximate surface area is 262 Å². The van der Waals surface area contributed by atoms with Crippen LogP contribution in [-0.4, -0.2) is 19.1 Å². The lowest BCUT2D eigenvalue weighted by Crippen LogP contribution is -2.03. The molecular weight excluding hydrogens is 569 g/mol. The Kier molecular flexibility index (Phi) is 5.12. The van der Waals surface area contributed by atoms with Crippen LogP contribution < -0.4 is 0 Å². The van der Waals surface area contributed by atoms with E-state index in [1.165, 1.54) is 41.8 Å². The molecule has 0 spiro atoms. The zero-order valence-corrected chi connectivity index (χ0v) is 24.9. The van der Waals surface area contributed by atoms with Crippen molar-refractivity contribution in [2.75, 3.05) is 0 Å². The molecule has 0 aliphatic carbocycles. The van der Waals surface area contributed by atoms with E-state index in [2.05, 4.69) is 149 Å². The number of thiophene rings is 1. The summed E-state index contributed by atoms with van der Waals surface area (Å²) in [6, 6.07) is 49.5. The molecule has 4 aromatic heterocycles. The second kappa shape index (κ2) is 9.36. The Hall–Kier alpha value is -5.78. The number of aromatic nitrogens is 4. The number of hydrogen-bond acceptors (Lipinski definition) is 3. The first-order chi connectivity index (χ1) is 22.3. The van der Waals surface area contributed by atoms with Crippen LogP contribution in [0.5, 0.6) is 0 Å². The van der Waals surface area contributed by atoms with Gasteiger partial charge in [0.1, 0.15) is 0 Å². The van der Waals surface area contributed by atoms with Crippen molar-refractivity contribution in [2.45, 2.75) is 0 Å². The van der Waals surface area contributed by atoms with Gasteiger partial charge in [-0.2, -0.15) is 0 Å². The van der Waals surface area contributed by atoms with Crippen molar-refractivity contribution in [1.29, 1.82) is 0 Å². The molecule has 10 rings (SSSR count). The number of para-hydroxylation sites is 2. The smallest absolute Gasteiger partial charge is 0.235 e. The molecule has 0 atom stereocenters. The van der Waals surface area contributed by atoms with E-state index in [1.807, 2.05) is 17.4 Å². The summed E-state index contributed by atoms with van der Waals surface area (Å²) < 4.78 is 7.13. The third-order valence-electron chi connectivity index (χ3n) is 8.95. The fourth-order valence-corrected chi connectivity index (χ4v) is 8.00. The lowest BCUT2D eigenvalue weighted by Gasteiger charge is -2.12. The van der Waals surface area contributed by atoms with Gasteiger partial charge in [0.2, 0.25) is 5.95 Å². The van der Waals surface area contributed by atoms with Gasteiger partial charge in [0, 0.05) is 59.2 Å². The van der Waals surface area contributed by atoms with Crippen molar-refractivity contribution in [3.05, 3.63) is 146 Å². The van der Waals surface area contributed by atoms with Gasteiger partial charge in [-0.3, -0.25) is 4.57 Å². The maximum absolute atomic E-state index is 5.33. The second-order valence-electron chi connectivity index (χ2n) is 11.5. The van der Waals surface area contributed by atoms with Crippen LogP contribution in [0, 0.1) is 0 Å².